The summed E-state index contributed by atoms with van der Waals surface area (Å²) in [5.74, 6) is -0.0688. The Hall–Kier alpha value is -2.07. The number of hydrogen-bond acceptors (Lipinski definition) is 3. The predicted octanol–water partition coefficient (Wildman–Crippen LogP) is 6.12. The van der Waals surface area contributed by atoms with E-state index in [0.717, 1.165) is 16.7 Å². The maximum absolute atomic E-state index is 9.77. The number of halogens is 3. The standard InChI is InChI=1S/C20H15Cl3O3/c1-20(11-2-5-17(24)14(21)8-11,12-3-6-18(25)15(22)9-12)13-4-7-19(26)16(23)10-13/h2-10,24-26H,1H3. The Kier molecular flexibility index (Phi) is 4.98. The van der Waals surface area contributed by atoms with E-state index in [4.69, 9.17) is 34.8 Å². The summed E-state index contributed by atoms with van der Waals surface area (Å²) in [6.07, 6.45) is 0. The lowest BCUT2D eigenvalue weighted by Crippen LogP contribution is -2.25. The maximum atomic E-state index is 9.77. The van der Waals surface area contributed by atoms with Crippen molar-refractivity contribution in [3.8, 4) is 17.2 Å². The van der Waals surface area contributed by atoms with Crippen molar-refractivity contribution in [2.75, 3.05) is 0 Å². The van der Waals surface area contributed by atoms with Crippen molar-refractivity contribution in [3.63, 3.8) is 0 Å². The quantitative estimate of drug-likeness (QED) is 0.457. The highest BCUT2D eigenvalue weighted by molar-refractivity contribution is 6.32. The second-order valence-electron chi connectivity index (χ2n) is 6.12. The van der Waals surface area contributed by atoms with Crippen LogP contribution in [0, 0.1) is 0 Å². The monoisotopic (exact) mass is 408 g/mol. The minimum atomic E-state index is -0.758. The zero-order valence-electron chi connectivity index (χ0n) is 13.7. The highest BCUT2D eigenvalue weighted by Gasteiger charge is 2.33. The van der Waals surface area contributed by atoms with Gasteiger partial charge in [-0.3, -0.25) is 0 Å². The van der Waals surface area contributed by atoms with Crippen LogP contribution in [0.3, 0.4) is 0 Å². The van der Waals surface area contributed by atoms with Crippen molar-refractivity contribution in [2.45, 2.75) is 12.3 Å². The van der Waals surface area contributed by atoms with Crippen molar-refractivity contribution in [2.24, 2.45) is 0 Å². The summed E-state index contributed by atoms with van der Waals surface area (Å²) >= 11 is 18.4. The molecule has 0 aromatic heterocycles. The molecule has 0 aliphatic carbocycles. The molecular formula is C20H15Cl3O3. The fourth-order valence-electron chi connectivity index (χ4n) is 2.95. The summed E-state index contributed by atoms with van der Waals surface area (Å²) < 4.78 is 0. The molecular weight excluding hydrogens is 395 g/mol. The lowest BCUT2D eigenvalue weighted by molar-refractivity contribution is 0.474. The summed E-state index contributed by atoms with van der Waals surface area (Å²) in [6, 6.07) is 14.8. The first kappa shape index (κ1) is 18.7. The van der Waals surface area contributed by atoms with Crippen molar-refractivity contribution < 1.29 is 15.3 Å². The van der Waals surface area contributed by atoms with Crippen molar-refractivity contribution in [3.05, 3.63) is 86.4 Å². The predicted molar refractivity (Wildman–Crippen MR) is 105 cm³/mol. The number of hydrogen-bond donors (Lipinski definition) is 3. The van der Waals surface area contributed by atoms with E-state index < -0.39 is 5.41 Å². The molecule has 0 heterocycles. The molecule has 0 bridgehead atoms. The highest BCUT2D eigenvalue weighted by atomic mass is 35.5. The molecule has 3 rings (SSSR count). The number of phenols is 3. The SMILES string of the molecule is CC(c1ccc(O)c(Cl)c1)(c1ccc(O)c(Cl)c1)c1ccc(O)c(Cl)c1. The first-order valence-corrected chi connectivity index (χ1v) is 8.84. The Bertz CT molecular complexity index is 861. The molecule has 134 valence electrons. The Labute approximate surface area is 166 Å². The number of rotatable bonds is 3. The number of phenolic OH excluding ortho intramolecular Hbond substituents is 3. The van der Waals surface area contributed by atoms with Gasteiger partial charge >= 0.3 is 0 Å². The van der Waals surface area contributed by atoms with Gasteiger partial charge in [-0.2, -0.15) is 0 Å². The lowest BCUT2D eigenvalue weighted by atomic mass is 9.71. The van der Waals surface area contributed by atoms with E-state index in [1.54, 1.807) is 36.4 Å². The molecule has 6 heteroatoms. The minimum Gasteiger partial charge on any atom is -0.506 e. The third-order valence-corrected chi connectivity index (χ3v) is 5.48. The largest absolute Gasteiger partial charge is 0.506 e. The second-order valence-corrected chi connectivity index (χ2v) is 7.35. The van der Waals surface area contributed by atoms with Gasteiger partial charge in [-0.25, -0.2) is 0 Å². The van der Waals surface area contributed by atoms with Crippen LogP contribution in [0.4, 0.5) is 0 Å². The van der Waals surface area contributed by atoms with E-state index in [-0.39, 0.29) is 32.3 Å². The molecule has 0 unspecified atom stereocenters. The maximum Gasteiger partial charge on any atom is 0.134 e. The number of benzene rings is 3. The van der Waals surface area contributed by atoms with Crippen LogP contribution in [0.2, 0.25) is 15.1 Å². The van der Waals surface area contributed by atoms with E-state index in [1.807, 2.05) is 6.92 Å². The van der Waals surface area contributed by atoms with E-state index in [1.165, 1.54) is 18.2 Å². The van der Waals surface area contributed by atoms with Gasteiger partial charge in [-0.15, -0.1) is 0 Å². The molecule has 0 spiro atoms. The third-order valence-electron chi connectivity index (χ3n) is 4.58. The summed E-state index contributed by atoms with van der Waals surface area (Å²) in [5, 5.41) is 29.9. The molecule has 0 atom stereocenters. The molecule has 0 fully saturated rings. The summed E-state index contributed by atoms with van der Waals surface area (Å²) in [6.45, 7) is 1.95. The molecule has 0 aliphatic heterocycles. The summed E-state index contributed by atoms with van der Waals surface area (Å²) in [4.78, 5) is 0. The van der Waals surface area contributed by atoms with Crippen LogP contribution < -0.4 is 0 Å². The van der Waals surface area contributed by atoms with Crippen LogP contribution in [0.1, 0.15) is 23.6 Å². The van der Waals surface area contributed by atoms with Crippen LogP contribution in [-0.2, 0) is 5.41 Å². The summed E-state index contributed by atoms with van der Waals surface area (Å²) in [7, 11) is 0. The van der Waals surface area contributed by atoms with Gasteiger partial charge in [0.2, 0.25) is 0 Å². The van der Waals surface area contributed by atoms with E-state index >= 15 is 0 Å². The average Bonchev–Trinajstić information content (AvgIpc) is 2.61. The smallest absolute Gasteiger partial charge is 0.134 e. The van der Waals surface area contributed by atoms with Gasteiger partial charge in [-0.05, 0) is 60.0 Å². The molecule has 3 N–H and O–H groups in total. The van der Waals surface area contributed by atoms with E-state index in [2.05, 4.69) is 0 Å². The number of aromatic hydroxyl groups is 3. The molecule has 3 aromatic rings. The molecule has 26 heavy (non-hydrogen) atoms. The van der Waals surface area contributed by atoms with Gasteiger partial charge < -0.3 is 15.3 Å². The van der Waals surface area contributed by atoms with Gasteiger partial charge in [0.15, 0.2) is 0 Å². The Balaban J connectivity index is 2.31. The average molecular weight is 410 g/mol. The first-order chi connectivity index (χ1) is 12.2. The van der Waals surface area contributed by atoms with E-state index in [0.29, 0.717) is 0 Å². The van der Waals surface area contributed by atoms with Crippen molar-refractivity contribution in [1.29, 1.82) is 0 Å². The van der Waals surface area contributed by atoms with Crippen LogP contribution in [0.25, 0.3) is 0 Å². The van der Waals surface area contributed by atoms with Crippen LogP contribution in [0.5, 0.6) is 17.2 Å². The Morgan fingerprint density at radius 1 is 0.577 bits per heavy atom. The normalized spacial score (nSPS) is 11.5. The Morgan fingerprint density at radius 2 is 0.846 bits per heavy atom. The van der Waals surface area contributed by atoms with E-state index in [9.17, 15) is 15.3 Å². The first-order valence-electron chi connectivity index (χ1n) is 7.70. The fraction of sp³-hybridized carbons (Fsp3) is 0.100. The highest BCUT2D eigenvalue weighted by Crippen LogP contribution is 2.44. The molecule has 0 saturated carbocycles. The third kappa shape index (κ3) is 3.18. The molecule has 3 aromatic carbocycles. The van der Waals surface area contributed by atoms with Crippen LogP contribution in [0.15, 0.2) is 54.6 Å². The molecule has 0 amide bonds. The molecule has 0 radical (unpaired) electrons. The molecule has 0 saturated heterocycles. The lowest BCUT2D eigenvalue weighted by Gasteiger charge is -2.32. The van der Waals surface area contributed by atoms with Crippen LogP contribution in [-0.4, -0.2) is 15.3 Å². The van der Waals surface area contributed by atoms with Gasteiger partial charge in [0.05, 0.1) is 15.1 Å². The molecule has 3 nitrogen and oxygen atoms in total. The summed E-state index contributed by atoms with van der Waals surface area (Å²) in [5.41, 5.74) is 1.59. The van der Waals surface area contributed by atoms with Crippen molar-refractivity contribution >= 4 is 34.8 Å². The van der Waals surface area contributed by atoms with Crippen LogP contribution >= 0.6 is 34.8 Å². The zero-order valence-corrected chi connectivity index (χ0v) is 15.9. The minimum absolute atomic E-state index is 0.0229. The van der Waals surface area contributed by atoms with Gasteiger partial charge in [0.25, 0.3) is 0 Å². The van der Waals surface area contributed by atoms with Gasteiger partial charge in [0, 0.05) is 5.41 Å². The topological polar surface area (TPSA) is 60.7 Å². The van der Waals surface area contributed by atoms with Gasteiger partial charge in [-0.1, -0.05) is 53.0 Å². The molecule has 0 aliphatic rings. The van der Waals surface area contributed by atoms with Gasteiger partial charge in [0.1, 0.15) is 17.2 Å². The fourth-order valence-corrected chi connectivity index (χ4v) is 3.50. The Morgan fingerprint density at radius 3 is 1.08 bits per heavy atom. The van der Waals surface area contributed by atoms with Crippen molar-refractivity contribution in [1.82, 2.24) is 0 Å². The second kappa shape index (κ2) is 6.92. The zero-order chi connectivity index (χ0) is 19.1.